The molecule has 0 aliphatic carbocycles. The van der Waals surface area contributed by atoms with Crippen LogP contribution in [0.25, 0.3) is 0 Å². The van der Waals surface area contributed by atoms with E-state index in [-0.39, 0.29) is 18.0 Å². The Balaban J connectivity index is 1.61. The molecule has 7 nitrogen and oxygen atoms in total. The first-order valence-corrected chi connectivity index (χ1v) is 8.17. The lowest BCUT2D eigenvalue weighted by Gasteiger charge is -2.34. The van der Waals surface area contributed by atoms with Crippen LogP contribution in [0.5, 0.6) is 0 Å². The Morgan fingerprint density at radius 3 is 2.65 bits per heavy atom. The number of thiazole rings is 1. The molecule has 0 N–H and O–H groups in total. The average Bonchev–Trinajstić information content (AvgIpc) is 3.10. The number of carbonyl (C=O) groups excluding carboxylic acids is 1. The molecule has 0 atom stereocenters. The van der Waals surface area contributed by atoms with Crippen LogP contribution in [0.15, 0.2) is 35.8 Å². The van der Waals surface area contributed by atoms with Crippen LogP contribution < -0.4 is 4.90 Å². The lowest BCUT2D eigenvalue weighted by atomic mass is 10.1. The number of nitro benzene ring substituents is 1. The van der Waals surface area contributed by atoms with Gasteiger partial charge in [0.2, 0.25) is 5.91 Å². The van der Waals surface area contributed by atoms with E-state index < -0.39 is 4.92 Å². The second kappa shape index (κ2) is 6.74. The van der Waals surface area contributed by atoms with Gasteiger partial charge in [-0.25, -0.2) is 4.98 Å². The summed E-state index contributed by atoms with van der Waals surface area (Å²) in [7, 11) is 0. The number of piperazine rings is 1. The summed E-state index contributed by atoms with van der Waals surface area (Å²) < 4.78 is 0. The van der Waals surface area contributed by atoms with Crippen LogP contribution in [0, 0.1) is 10.1 Å². The molecule has 0 saturated carbocycles. The number of carbonyl (C=O) groups is 1. The summed E-state index contributed by atoms with van der Waals surface area (Å²) in [6.07, 6.45) is 1.83. The Bertz CT molecular complexity index is 697. The Kier molecular flexibility index (Phi) is 4.52. The van der Waals surface area contributed by atoms with Gasteiger partial charge in [0.25, 0.3) is 5.69 Å². The average molecular weight is 332 g/mol. The first-order chi connectivity index (χ1) is 11.1. The Labute approximate surface area is 137 Å². The summed E-state index contributed by atoms with van der Waals surface area (Å²) in [4.78, 5) is 31.2. The predicted octanol–water partition coefficient (Wildman–Crippen LogP) is 1.94. The van der Waals surface area contributed by atoms with Gasteiger partial charge >= 0.3 is 0 Å². The van der Waals surface area contributed by atoms with E-state index >= 15 is 0 Å². The van der Waals surface area contributed by atoms with Crippen molar-refractivity contribution in [2.75, 3.05) is 31.1 Å². The van der Waals surface area contributed by atoms with Crippen LogP contribution in [0.1, 0.15) is 5.56 Å². The molecule has 1 aliphatic rings. The zero-order valence-electron chi connectivity index (χ0n) is 12.4. The van der Waals surface area contributed by atoms with Gasteiger partial charge in [0.05, 0.1) is 11.3 Å². The van der Waals surface area contributed by atoms with Gasteiger partial charge in [-0.2, -0.15) is 0 Å². The molecule has 1 fully saturated rings. The van der Waals surface area contributed by atoms with Crippen molar-refractivity contribution in [3.63, 3.8) is 0 Å². The monoisotopic (exact) mass is 332 g/mol. The van der Waals surface area contributed by atoms with Gasteiger partial charge in [-0.3, -0.25) is 14.9 Å². The van der Waals surface area contributed by atoms with E-state index in [9.17, 15) is 14.9 Å². The summed E-state index contributed by atoms with van der Waals surface area (Å²) in [5.41, 5.74) is 0.465. The first-order valence-electron chi connectivity index (χ1n) is 7.29. The summed E-state index contributed by atoms with van der Waals surface area (Å²) in [6.45, 7) is 2.68. The number of nitro groups is 1. The predicted molar refractivity (Wildman–Crippen MR) is 87.7 cm³/mol. The minimum atomic E-state index is -0.441. The molecule has 0 bridgehead atoms. The highest BCUT2D eigenvalue weighted by Gasteiger charge is 2.24. The van der Waals surface area contributed by atoms with E-state index in [2.05, 4.69) is 9.88 Å². The van der Waals surface area contributed by atoms with Crippen molar-refractivity contribution in [2.24, 2.45) is 0 Å². The zero-order chi connectivity index (χ0) is 16.2. The highest BCUT2D eigenvalue weighted by molar-refractivity contribution is 7.13. The van der Waals surface area contributed by atoms with Gasteiger partial charge in [0.1, 0.15) is 0 Å². The van der Waals surface area contributed by atoms with E-state index in [4.69, 9.17) is 0 Å². The molecule has 120 valence electrons. The fourth-order valence-corrected chi connectivity index (χ4v) is 3.33. The van der Waals surface area contributed by atoms with Crippen molar-refractivity contribution in [3.05, 3.63) is 51.5 Å². The molecule has 1 saturated heterocycles. The molecule has 0 spiro atoms. The molecule has 1 amide bonds. The molecule has 23 heavy (non-hydrogen) atoms. The molecular formula is C15H16N4O3S. The van der Waals surface area contributed by atoms with Gasteiger partial charge in [-0.1, -0.05) is 18.2 Å². The second-order valence-electron chi connectivity index (χ2n) is 5.25. The number of hydrogen-bond donors (Lipinski definition) is 0. The first kappa shape index (κ1) is 15.4. The van der Waals surface area contributed by atoms with Crippen LogP contribution in [0.3, 0.4) is 0 Å². The number of nitrogens with zero attached hydrogens (tertiary/aromatic N) is 4. The van der Waals surface area contributed by atoms with Crippen molar-refractivity contribution >= 4 is 28.1 Å². The topological polar surface area (TPSA) is 79.6 Å². The van der Waals surface area contributed by atoms with Crippen molar-refractivity contribution in [1.82, 2.24) is 9.88 Å². The van der Waals surface area contributed by atoms with E-state index in [0.717, 1.165) is 18.2 Å². The Morgan fingerprint density at radius 1 is 1.26 bits per heavy atom. The SMILES string of the molecule is O=C(Cc1ccccc1[N+](=O)[O-])N1CCN(c2nccs2)CC1. The van der Waals surface area contributed by atoms with Crippen LogP contribution in [-0.4, -0.2) is 46.9 Å². The second-order valence-corrected chi connectivity index (χ2v) is 6.12. The number of amides is 1. The number of rotatable bonds is 4. The summed E-state index contributed by atoms with van der Waals surface area (Å²) >= 11 is 1.58. The zero-order valence-corrected chi connectivity index (χ0v) is 13.2. The molecule has 3 rings (SSSR count). The van der Waals surface area contributed by atoms with Crippen LogP contribution in [-0.2, 0) is 11.2 Å². The minimum absolute atomic E-state index is 0.00210. The fourth-order valence-electron chi connectivity index (χ4n) is 2.63. The Hall–Kier alpha value is -2.48. The van der Waals surface area contributed by atoms with E-state index in [0.29, 0.717) is 18.7 Å². The maximum atomic E-state index is 12.4. The third-order valence-corrected chi connectivity index (χ3v) is 4.68. The molecule has 1 aromatic carbocycles. The van der Waals surface area contributed by atoms with Gasteiger partial charge < -0.3 is 9.80 Å². The normalized spacial score (nSPS) is 14.8. The lowest BCUT2D eigenvalue weighted by Crippen LogP contribution is -2.49. The minimum Gasteiger partial charge on any atom is -0.345 e. The molecule has 1 aliphatic heterocycles. The molecule has 2 aromatic rings. The highest BCUT2D eigenvalue weighted by atomic mass is 32.1. The van der Waals surface area contributed by atoms with E-state index in [1.54, 1.807) is 40.6 Å². The standard InChI is InChI=1S/C15H16N4O3S/c20-14(11-12-3-1-2-4-13(12)19(21)22)17-6-8-18(9-7-17)15-16-5-10-23-15/h1-5,10H,6-9,11H2. The van der Waals surface area contributed by atoms with Crippen molar-refractivity contribution in [1.29, 1.82) is 0 Å². The number of para-hydroxylation sites is 1. The lowest BCUT2D eigenvalue weighted by molar-refractivity contribution is -0.385. The number of hydrogen-bond acceptors (Lipinski definition) is 6. The maximum absolute atomic E-state index is 12.4. The van der Waals surface area contributed by atoms with E-state index in [1.807, 2.05) is 5.38 Å². The number of anilines is 1. The molecule has 2 heterocycles. The summed E-state index contributed by atoms with van der Waals surface area (Å²) in [5, 5.41) is 13.9. The summed E-state index contributed by atoms with van der Waals surface area (Å²) in [5.74, 6) is -0.0712. The quantitative estimate of drug-likeness (QED) is 0.631. The number of aromatic nitrogens is 1. The smallest absolute Gasteiger partial charge is 0.273 e. The van der Waals surface area contributed by atoms with E-state index in [1.165, 1.54) is 6.07 Å². The summed E-state index contributed by atoms with van der Waals surface area (Å²) in [6, 6.07) is 6.40. The number of benzene rings is 1. The van der Waals surface area contributed by atoms with Crippen LogP contribution in [0.2, 0.25) is 0 Å². The van der Waals surface area contributed by atoms with Crippen LogP contribution in [0.4, 0.5) is 10.8 Å². The largest absolute Gasteiger partial charge is 0.345 e. The third-order valence-electron chi connectivity index (χ3n) is 3.85. The highest BCUT2D eigenvalue weighted by Crippen LogP contribution is 2.21. The third kappa shape index (κ3) is 3.48. The van der Waals surface area contributed by atoms with Crippen molar-refractivity contribution < 1.29 is 9.72 Å². The fraction of sp³-hybridized carbons (Fsp3) is 0.333. The van der Waals surface area contributed by atoms with Gasteiger partial charge in [0.15, 0.2) is 5.13 Å². The van der Waals surface area contributed by atoms with Gasteiger partial charge in [-0.05, 0) is 0 Å². The van der Waals surface area contributed by atoms with Crippen molar-refractivity contribution in [3.8, 4) is 0 Å². The van der Waals surface area contributed by atoms with Gasteiger partial charge in [-0.15, -0.1) is 11.3 Å². The maximum Gasteiger partial charge on any atom is 0.273 e. The van der Waals surface area contributed by atoms with Crippen LogP contribution >= 0.6 is 11.3 Å². The molecule has 1 aromatic heterocycles. The molecule has 0 radical (unpaired) electrons. The van der Waals surface area contributed by atoms with Crippen molar-refractivity contribution in [2.45, 2.75) is 6.42 Å². The van der Waals surface area contributed by atoms with Gasteiger partial charge in [0, 0.05) is 49.4 Å². The molecule has 8 heteroatoms. The molecule has 0 unspecified atom stereocenters. The Morgan fingerprint density at radius 2 is 2.00 bits per heavy atom. The molecular weight excluding hydrogens is 316 g/mol.